The highest BCUT2D eigenvalue weighted by atomic mass is 16.5. The lowest BCUT2D eigenvalue weighted by molar-refractivity contribution is 0.0948. The third kappa shape index (κ3) is 4.40. The molecule has 0 radical (unpaired) electrons. The molecule has 108 valence electrons. The van der Waals surface area contributed by atoms with Gasteiger partial charge in [-0.05, 0) is 19.1 Å². The van der Waals surface area contributed by atoms with Crippen LogP contribution in [0.4, 0.5) is 0 Å². The van der Waals surface area contributed by atoms with Crippen LogP contribution in [0.25, 0.3) is 0 Å². The molecule has 0 aliphatic carbocycles. The minimum absolute atomic E-state index is 0.260. The van der Waals surface area contributed by atoms with E-state index in [4.69, 9.17) is 10.3 Å². The molecule has 1 amide bonds. The molecule has 7 nitrogen and oxygen atoms in total. The number of nitrogens with two attached hydrogens (primary N) is 1. The number of pyridine rings is 1. The van der Waals surface area contributed by atoms with Crippen LogP contribution in [0.2, 0.25) is 0 Å². The van der Waals surface area contributed by atoms with Crippen molar-refractivity contribution < 1.29 is 9.32 Å². The Morgan fingerprint density at radius 2 is 2.33 bits per heavy atom. The molecule has 0 aliphatic heterocycles. The van der Waals surface area contributed by atoms with Gasteiger partial charge in [-0.1, -0.05) is 17.0 Å². The number of nitrogens with zero attached hydrogens (tertiary/aromatic N) is 3. The van der Waals surface area contributed by atoms with Crippen LogP contribution in [0.5, 0.6) is 0 Å². The highest BCUT2D eigenvalue weighted by Gasteiger charge is 2.08. The number of hydrogen-bond acceptors (Lipinski definition) is 6. The van der Waals surface area contributed by atoms with Crippen LogP contribution < -0.4 is 11.1 Å². The number of aryl methyl sites for hydroxylation is 1. The van der Waals surface area contributed by atoms with E-state index in [9.17, 15) is 4.79 Å². The van der Waals surface area contributed by atoms with Crippen LogP contribution in [0, 0.1) is 18.8 Å². The van der Waals surface area contributed by atoms with Gasteiger partial charge in [-0.2, -0.15) is 4.98 Å². The van der Waals surface area contributed by atoms with E-state index in [0.717, 1.165) is 5.56 Å². The maximum absolute atomic E-state index is 11.9. The van der Waals surface area contributed by atoms with E-state index in [-0.39, 0.29) is 12.5 Å². The molecule has 2 rings (SSSR count). The first-order chi connectivity index (χ1) is 10.2. The first-order valence-corrected chi connectivity index (χ1v) is 6.41. The maximum atomic E-state index is 11.9. The molecule has 3 N–H and O–H groups in total. The molecule has 2 aromatic rings. The Morgan fingerprint density at radius 1 is 1.48 bits per heavy atom. The second kappa shape index (κ2) is 7.17. The summed E-state index contributed by atoms with van der Waals surface area (Å²) in [7, 11) is 0. The predicted molar refractivity (Wildman–Crippen MR) is 75.2 cm³/mol. The Labute approximate surface area is 121 Å². The Balaban J connectivity index is 1.85. The molecule has 0 aliphatic rings. The molecule has 0 saturated heterocycles. The van der Waals surface area contributed by atoms with Crippen LogP contribution in [0.3, 0.4) is 0 Å². The Bertz CT molecular complexity index is 667. The van der Waals surface area contributed by atoms with Crippen molar-refractivity contribution in [2.45, 2.75) is 13.3 Å². The minimum Gasteiger partial charge on any atom is -0.350 e. The minimum atomic E-state index is -0.260. The third-order valence-electron chi connectivity index (χ3n) is 2.52. The second-order valence-corrected chi connectivity index (χ2v) is 4.18. The molecule has 0 bridgehead atoms. The van der Waals surface area contributed by atoms with Gasteiger partial charge in [-0.15, -0.1) is 0 Å². The average Bonchev–Trinajstić information content (AvgIpc) is 2.91. The molecule has 21 heavy (non-hydrogen) atoms. The summed E-state index contributed by atoms with van der Waals surface area (Å²) in [6, 6.07) is 3.35. The lowest BCUT2D eigenvalue weighted by atomic mass is 10.2. The lowest BCUT2D eigenvalue weighted by Crippen LogP contribution is -2.26. The number of aromatic nitrogens is 3. The number of carbonyl (C=O) groups excluding carboxylic acids is 1. The van der Waals surface area contributed by atoms with Crippen LogP contribution in [0.1, 0.15) is 27.8 Å². The van der Waals surface area contributed by atoms with Crippen LogP contribution in [0.15, 0.2) is 22.9 Å². The van der Waals surface area contributed by atoms with Crippen molar-refractivity contribution in [3.63, 3.8) is 0 Å². The van der Waals surface area contributed by atoms with E-state index < -0.39 is 0 Å². The molecule has 0 saturated carbocycles. The maximum Gasteiger partial charge on any atom is 0.269 e. The van der Waals surface area contributed by atoms with E-state index in [1.807, 2.05) is 0 Å². The zero-order chi connectivity index (χ0) is 15.1. The smallest absolute Gasteiger partial charge is 0.269 e. The quantitative estimate of drug-likeness (QED) is 0.769. The molecule has 0 aromatic carbocycles. The molecule has 0 unspecified atom stereocenters. The summed E-state index contributed by atoms with van der Waals surface area (Å²) in [6.07, 6.45) is 2.02. The van der Waals surface area contributed by atoms with Crippen LogP contribution >= 0.6 is 0 Å². The van der Waals surface area contributed by atoms with Crippen LogP contribution in [-0.4, -0.2) is 34.1 Å². The van der Waals surface area contributed by atoms with E-state index in [1.165, 1.54) is 0 Å². The van der Waals surface area contributed by atoms with Gasteiger partial charge < -0.3 is 15.6 Å². The topological polar surface area (TPSA) is 107 Å². The largest absolute Gasteiger partial charge is 0.350 e. The highest BCUT2D eigenvalue weighted by Crippen LogP contribution is 2.00. The predicted octanol–water partition coefficient (Wildman–Crippen LogP) is 0.0557. The molecular weight excluding hydrogens is 270 g/mol. The van der Waals surface area contributed by atoms with Crippen molar-refractivity contribution in [2.24, 2.45) is 5.73 Å². The fourth-order valence-electron chi connectivity index (χ4n) is 1.57. The number of hydrogen-bond donors (Lipinski definition) is 2. The number of amides is 1. The van der Waals surface area contributed by atoms with Gasteiger partial charge in [-0.25, -0.2) is 4.98 Å². The summed E-state index contributed by atoms with van der Waals surface area (Å²) in [6.45, 7) is 2.43. The van der Waals surface area contributed by atoms with Crippen molar-refractivity contribution in [3.8, 4) is 11.8 Å². The van der Waals surface area contributed by atoms with Crippen LogP contribution in [-0.2, 0) is 6.42 Å². The molecule has 7 heteroatoms. The fourth-order valence-corrected chi connectivity index (χ4v) is 1.57. The third-order valence-corrected chi connectivity index (χ3v) is 2.52. The van der Waals surface area contributed by atoms with Crippen molar-refractivity contribution in [1.82, 2.24) is 20.4 Å². The molecular formula is C14H15N5O2. The Hall–Kier alpha value is -2.72. The molecule has 0 atom stereocenters. The normalized spacial score (nSPS) is 9.81. The fraction of sp³-hybridized carbons (Fsp3) is 0.286. The number of nitrogens with one attached hydrogen (secondary N) is 1. The monoisotopic (exact) mass is 285 g/mol. The standard InChI is InChI=1S/C14H15N5O2/c1-10-18-13(21-19-10)6-8-16-14(20)12-5-4-11(9-17-12)3-2-7-15/h4-5,9H,6-8,15H2,1H3,(H,16,20). The first kappa shape index (κ1) is 14.7. The van der Waals surface area contributed by atoms with E-state index >= 15 is 0 Å². The van der Waals surface area contributed by atoms with Crippen molar-refractivity contribution in [2.75, 3.05) is 13.1 Å². The average molecular weight is 285 g/mol. The van der Waals surface area contributed by atoms with Gasteiger partial charge >= 0.3 is 0 Å². The summed E-state index contributed by atoms with van der Waals surface area (Å²) in [4.78, 5) is 20.0. The number of rotatable bonds is 4. The van der Waals surface area contributed by atoms with Gasteiger partial charge in [0.25, 0.3) is 5.91 Å². The molecule has 2 aromatic heterocycles. The van der Waals surface area contributed by atoms with E-state index in [0.29, 0.717) is 30.4 Å². The molecule has 0 fully saturated rings. The van der Waals surface area contributed by atoms with Gasteiger partial charge in [0.2, 0.25) is 5.89 Å². The Kier molecular flexibility index (Phi) is 5.01. The van der Waals surface area contributed by atoms with Crippen molar-refractivity contribution >= 4 is 5.91 Å². The van der Waals surface area contributed by atoms with Gasteiger partial charge in [0.1, 0.15) is 5.69 Å². The second-order valence-electron chi connectivity index (χ2n) is 4.18. The summed E-state index contributed by atoms with van der Waals surface area (Å²) < 4.78 is 4.95. The van der Waals surface area contributed by atoms with Crippen molar-refractivity contribution in [1.29, 1.82) is 0 Å². The summed E-state index contributed by atoms with van der Waals surface area (Å²) in [5, 5.41) is 6.41. The zero-order valence-electron chi connectivity index (χ0n) is 11.6. The number of carbonyl (C=O) groups is 1. The SMILES string of the molecule is Cc1noc(CCNC(=O)c2ccc(C#CCN)cn2)n1. The highest BCUT2D eigenvalue weighted by molar-refractivity contribution is 5.92. The molecule has 0 spiro atoms. The van der Waals surface area contributed by atoms with Gasteiger partial charge in [0, 0.05) is 24.7 Å². The zero-order valence-corrected chi connectivity index (χ0v) is 11.6. The van der Waals surface area contributed by atoms with E-state index in [1.54, 1.807) is 25.3 Å². The lowest BCUT2D eigenvalue weighted by Gasteiger charge is -2.02. The van der Waals surface area contributed by atoms with Gasteiger partial charge in [-0.3, -0.25) is 4.79 Å². The summed E-state index contributed by atoms with van der Waals surface area (Å²) in [5.74, 6) is 6.37. The summed E-state index contributed by atoms with van der Waals surface area (Å²) >= 11 is 0. The van der Waals surface area contributed by atoms with Crippen molar-refractivity contribution in [3.05, 3.63) is 41.3 Å². The Morgan fingerprint density at radius 3 is 2.95 bits per heavy atom. The molecule has 2 heterocycles. The van der Waals surface area contributed by atoms with E-state index in [2.05, 4.69) is 32.3 Å². The first-order valence-electron chi connectivity index (χ1n) is 6.41. The van der Waals surface area contributed by atoms with Gasteiger partial charge in [0.15, 0.2) is 5.82 Å². The van der Waals surface area contributed by atoms with Gasteiger partial charge in [0.05, 0.1) is 6.54 Å². The summed E-state index contributed by atoms with van der Waals surface area (Å²) in [5.41, 5.74) is 6.33.